The molecule has 2 aromatic carbocycles. The first-order valence-electron chi connectivity index (χ1n) is 10.5. The van der Waals surface area contributed by atoms with Gasteiger partial charge < -0.3 is 4.52 Å². The van der Waals surface area contributed by atoms with Crippen molar-refractivity contribution in [3.63, 3.8) is 0 Å². The summed E-state index contributed by atoms with van der Waals surface area (Å²) in [5.74, 6) is 1.49. The van der Waals surface area contributed by atoms with E-state index in [-0.39, 0.29) is 6.54 Å². The summed E-state index contributed by atoms with van der Waals surface area (Å²) in [6.45, 7) is 0.278. The van der Waals surface area contributed by atoms with Crippen molar-refractivity contribution in [3.8, 4) is 11.5 Å². The van der Waals surface area contributed by atoms with Crippen LogP contribution in [0.5, 0.6) is 0 Å². The second-order valence-electron chi connectivity index (χ2n) is 7.86. The number of sulfonamides is 1. The van der Waals surface area contributed by atoms with E-state index in [1.807, 2.05) is 42.5 Å². The fourth-order valence-corrected chi connectivity index (χ4v) is 5.13. The van der Waals surface area contributed by atoms with Gasteiger partial charge in [-0.3, -0.25) is 0 Å². The van der Waals surface area contributed by atoms with Crippen LogP contribution in [-0.4, -0.2) is 36.5 Å². The van der Waals surface area contributed by atoms with E-state index in [1.54, 1.807) is 19.2 Å². The third kappa shape index (κ3) is 4.63. The van der Waals surface area contributed by atoms with E-state index in [4.69, 9.17) is 4.52 Å². The number of likely N-dealkylation sites (N-methyl/N-ethyl adjacent to an activating group) is 1. The van der Waals surface area contributed by atoms with E-state index >= 15 is 0 Å². The van der Waals surface area contributed by atoms with Gasteiger partial charge in [-0.25, -0.2) is 12.7 Å². The first kappa shape index (κ1) is 20.8. The molecule has 1 saturated carbocycles. The molecule has 1 aliphatic rings. The summed E-state index contributed by atoms with van der Waals surface area (Å²) in [7, 11) is -1.97. The zero-order valence-electron chi connectivity index (χ0n) is 17.2. The summed E-state index contributed by atoms with van der Waals surface area (Å²) in [5, 5.41) is 3.98. The molecule has 0 amide bonds. The molecular weight excluding hydrogens is 398 g/mol. The Morgan fingerprint density at radius 2 is 1.70 bits per heavy atom. The maximum absolute atomic E-state index is 12.9. The van der Waals surface area contributed by atoms with Gasteiger partial charge in [0.1, 0.15) is 0 Å². The highest BCUT2D eigenvalue weighted by atomic mass is 32.2. The maximum Gasteiger partial charge on any atom is 0.257 e. The van der Waals surface area contributed by atoms with Crippen LogP contribution in [0.2, 0.25) is 0 Å². The molecule has 0 spiro atoms. The quantitative estimate of drug-likeness (QED) is 0.551. The number of aromatic nitrogens is 2. The van der Waals surface area contributed by atoms with Gasteiger partial charge in [-0.2, -0.15) is 4.98 Å². The summed E-state index contributed by atoms with van der Waals surface area (Å²) >= 11 is 0. The molecule has 1 aromatic heterocycles. The molecule has 30 heavy (non-hydrogen) atoms. The van der Waals surface area contributed by atoms with Gasteiger partial charge in [0.25, 0.3) is 5.89 Å². The maximum atomic E-state index is 12.9. The van der Waals surface area contributed by atoms with Crippen LogP contribution in [-0.2, 0) is 16.4 Å². The first-order valence-corrected chi connectivity index (χ1v) is 11.9. The van der Waals surface area contributed by atoms with E-state index in [1.165, 1.54) is 42.0 Å². The smallest absolute Gasteiger partial charge is 0.257 e. The number of rotatable bonds is 7. The summed E-state index contributed by atoms with van der Waals surface area (Å²) in [5.41, 5.74) is 2.09. The molecule has 0 aliphatic heterocycles. The number of benzene rings is 2. The molecule has 0 unspecified atom stereocenters. The highest BCUT2D eigenvalue weighted by molar-refractivity contribution is 7.89. The molecule has 4 rings (SSSR count). The Balaban J connectivity index is 1.39. The van der Waals surface area contributed by atoms with Crippen LogP contribution in [0.15, 0.2) is 64.0 Å². The van der Waals surface area contributed by atoms with Crippen molar-refractivity contribution in [1.82, 2.24) is 14.4 Å². The highest BCUT2D eigenvalue weighted by Gasteiger charge is 2.22. The minimum absolute atomic E-state index is 0.278. The Kier molecular flexibility index (Phi) is 6.29. The molecule has 0 bridgehead atoms. The molecule has 1 heterocycles. The van der Waals surface area contributed by atoms with Gasteiger partial charge in [0, 0.05) is 25.6 Å². The van der Waals surface area contributed by atoms with E-state index < -0.39 is 10.0 Å². The summed E-state index contributed by atoms with van der Waals surface area (Å²) < 4.78 is 32.5. The van der Waals surface area contributed by atoms with Gasteiger partial charge in [-0.15, -0.1) is 0 Å². The van der Waals surface area contributed by atoms with Crippen LogP contribution in [0.25, 0.3) is 11.5 Å². The van der Waals surface area contributed by atoms with Crippen molar-refractivity contribution in [2.75, 3.05) is 13.6 Å². The van der Waals surface area contributed by atoms with Crippen molar-refractivity contribution in [1.29, 1.82) is 0 Å². The minimum atomic E-state index is -3.55. The molecule has 158 valence electrons. The Morgan fingerprint density at radius 1 is 1.00 bits per heavy atom. The molecule has 0 radical (unpaired) electrons. The summed E-state index contributed by atoms with van der Waals surface area (Å²) in [4.78, 5) is 4.69. The Labute approximate surface area is 178 Å². The van der Waals surface area contributed by atoms with E-state index in [0.717, 1.165) is 5.56 Å². The van der Waals surface area contributed by atoms with Crippen LogP contribution in [0.1, 0.15) is 49.4 Å². The van der Waals surface area contributed by atoms with Gasteiger partial charge >= 0.3 is 0 Å². The molecule has 1 fully saturated rings. The lowest BCUT2D eigenvalue weighted by Gasteiger charge is -2.22. The normalized spacial score (nSPS) is 15.5. The van der Waals surface area contributed by atoms with Crippen LogP contribution >= 0.6 is 0 Å². The molecule has 0 N–H and O–H groups in total. The molecular formula is C23H27N3O3S. The second-order valence-corrected chi connectivity index (χ2v) is 9.91. The number of hydrogen-bond donors (Lipinski definition) is 0. The fraction of sp³-hybridized carbons (Fsp3) is 0.391. The highest BCUT2D eigenvalue weighted by Crippen LogP contribution is 2.33. The van der Waals surface area contributed by atoms with E-state index in [9.17, 15) is 8.42 Å². The van der Waals surface area contributed by atoms with Crippen LogP contribution in [0.3, 0.4) is 0 Å². The first-order chi connectivity index (χ1) is 14.5. The SMILES string of the molecule is CN(CCc1noc(-c2ccccc2)n1)S(=O)(=O)c1ccc(C2CCCCC2)cc1. The third-order valence-electron chi connectivity index (χ3n) is 5.80. The Hall–Kier alpha value is -2.51. The topological polar surface area (TPSA) is 76.3 Å². The van der Waals surface area contributed by atoms with E-state index in [0.29, 0.717) is 28.9 Å². The fourth-order valence-electron chi connectivity index (χ4n) is 3.96. The summed E-state index contributed by atoms with van der Waals surface area (Å²) in [6.07, 6.45) is 6.60. The van der Waals surface area contributed by atoms with Gasteiger partial charge in [0.2, 0.25) is 10.0 Å². The van der Waals surface area contributed by atoms with Crippen LogP contribution in [0, 0.1) is 0 Å². The van der Waals surface area contributed by atoms with Gasteiger partial charge in [0.15, 0.2) is 5.82 Å². The lowest BCUT2D eigenvalue weighted by Crippen LogP contribution is -2.29. The lowest BCUT2D eigenvalue weighted by atomic mass is 9.84. The number of hydrogen-bond acceptors (Lipinski definition) is 5. The number of nitrogens with zero attached hydrogens (tertiary/aromatic N) is 3. The third-order valence-corrected chi connectivity index (χ3v) is 7.68. The molecule has 6 nitrogen and oxygen atoms in total. The van der Waals surface area contributed by atoms with Crippen molar-refractivity contribution in [2.45, 2.75) is 49.3 Å². The van der Waals surface area contributed by atoms with Gasteiger partial charge in [0.05, 0.1) is 4.90 Å². The molecule has 7 heteroatoms. The molecule has 0 saturated heterocycles. The van der Waals surface area contributed by atoms with Crippen molar-refractivity contribution in [2.24, 2.45) is 0 Å². The van der Waals surface area contributed by atoms with E-state index in [2.05, 4.69) is 10.1 Å². The van der Waals surface area contributed by atoms with Crippen LogP contribution in [0.4, 0.5) is 0 Å². The average Bonchev–Trinajstić information content (AvgIpc) is 3.28. The predicted molar refractivity (Wildman–Crippen MR) is 116 cm³/mol. The standard InChI is InChI=1S/C23H27N3O3S/c1-26(17-16-22-24-23(29-25-22)20-10-6-3-7-11-20)30(27,28)21-14-12-19(13-15-21)18-8-4-2-5-9-18/h3,6-7,10-15,18H,2,4-5,8-9,16-17H2,1H3. The summed E-state index contributed by atoms with van der Waals surface area (Å²) in [6, 6.07) is 16.9. The van der Waals surface area contributed by atoms with Crippen molar-refractivity contribution >= 4 is 10.0 Å². The predicted octanol–water partition coefficient (Wildman–Crippen LogP) is 4.65. The van der Waals surface area contributed by atoms with Crippen LogP contribution < -0.4 is 0 Å². The van der Waals surface area contributed by atoms with Gasteiger partial charge in [-0.05, 0) is 48.6 Å². The Bertz CT molecular complexity index is 1060. The second kappa shape index (κ2) is 9.10. The average molecular weight is 426 g/mol. The monoisotopic (exact) mass is 425 g/mol. The zero-order chi connectivity index (χ0) is 21.0. The van der Waals surface area contributed by atoms with Crippen molar-refractivity contribution < 1.29 is 12.9 Å². The Morgan fingerprint density at radius 3 is 2.40 bits per heavy atom. The molecule has 0 atom stereocenters. The van der Waals surface area contributed by atoms with Crippen molar-refractivity contribution in [3.05, 3.63) is 66.0 Å². The molecule has 1 aliphatic carbocycles. The zero-order valence-corrected chi connectivity index (χ0v) is 18.0. The largest absolute Gasteiger partial charge is 0.334 e. The molecule has 3 aromatic rings. The van der Waals surface area contributed by atoms with Gasteiger partial charge in [-0.1, -0.05) is 54.8 Å². The lowest BCUT2D eigenvalue weighted by molar-refractivity contribution is 0.415. The minimum Gasteiger partial charge on any atom is -0.334 e.